The minimum absolute atomic E-state index is 0.0233. The molecule has 8 nitrogen and oxygen atoms in total. The zero-order valence-corrected chi connectivity index (χ0v) is 21.6. The molecule has 0 aliphatic carbocycles. The third-order valence-electron chi connectivity index (χ3n) is 6.24. The first-order chi connectivity index (χ1) is 18.2. The van der Waals surface area contributed by atoms with Crippen LogP contribution >= 0.6 is 11.6 Å². The lowest BCUT2D eigenvalue weighted by Gasteiger charge is -2.30. The molecule has 2 aromatic heterocycles. The molecular weight excluding hydrogens is 538 g/mol. The molecule has 0 bridgehead atoms. The van der Waals surface area contributed by atoms with E-state index in [1.807, 2.05) is 0 Å². The van der Waals surface area contributed by atoms with Gasteiger partial charge in [0.25, 0.3) is 5.56 Å². The molecule has 1 aliphatic heterocycles. The van der Waals surface area contributed by atoms with Gasteiger partial charge in [0.1, 0.15) is 29.0 Å². The molecule has 0 unspecified atom stereocenters. The van der Waals surface area contributed by atoms with Crippen LogP contribution in [-0.2, 0) is 28.7 Å². The van der Waals surface area contributed by atoms with Crippen LogP contribution < -0.4 is 10.3 Å². The molecule has 0 N–H and O–H groups in total. The van der Waals surface area contributed by atoms with Gasteiger partial charge in [0.05, 0.1) is 12.8 Å². The van der Waals surface area contributed by atoms with Gasteiger partial charge in [-0.3, -0.25) is 9.36 Å². The second-order valence-corrected chi connectivity index (χ2v) is 11.1. The summed E-state index contributed by atoms with van der Waals surface area (Å²) in [6, 6.07) is 10.7. The monoisotopic (exact) mass is 558 g/mol. The van der Waals surface area contributed by atoms with Crippen LogP contribution in [0.4, 0.5) is 8.78 Å². The highest BCUT2D eigenvalue weighted by Crippen LogP contribution is 2.35. The topological polar surface area (TPSA) is 94.4 Å². The molecule has 0 atom stereocenters. The van der Waals surface area contributed by atoms with Gasteiger partial charge in [-0.05, 0) is 41.5 Å². The predicted molar refractivity (Wildman–Crippen MR) is 138 cm³/mol. The van der Waals surface area contributed by atoms with Crippen molar-refractivity contribution in [2.45, 2.75) is 18.7 Å². The quantitative estimate of drug-likeness (QED) is 0.353. The second kappa shape index (κ2) is 10.2. The average molecular weight is 559 g/mol. The maximum absolute atomic E-state index is 15.4. The van der Waals surface area contributed by atoms with E-state index in [4.69, 9.17) is 16.3 Å². The van der Waals surface area contributed by atoms with E-state index in [1.165, 1.54) is 46.6 Å². The fourth-order valence-electron chi connectivity index (χ4n) is 4.51. The maximum Gasteiger partial charge on any atom is 0.255 e. The number of nitrogens with zero attached hydrogens (tertiary/aromatic N) is 4. The van der Waals surface area contributed by atoms with Crippen LogP contribution in [0.3, 0.4) is 0 Å². The number of aromatic nitrogens is 3. The molecule has 4 aromatic rings. The summed E-state index contributed by atoms with van der Waals surface area (Å²) in [6.45, 7) is 0.131. The highest BCUT2D eigenvalue weighted by Gasteiger charge is 2.30. The van der Waals surface area contributed by atoms with Gasteiger partial charge in [-0.25, -0.2) is 27.2 Å². The van der Waals surface area contributed by atoms with Crippen molar-refractivity contribution >= 4 is 21.6 Å². The molecule has 1 aliphatic rings. The highest BCUT2D eigenvalue weighted by molar-refractivity contribution is 7.88. The maximum atomic E-state index is 15.4. The van der Waals surface area contributed by atoms with Gasteiger partial charge in [0.15, 0.2) is 0 Å². The molecule has 38 heavy (non-hydrogen) atoms. The molecule has 12 heteroatoms. The first kappa shape index (κ1) is 26.0. The van der Waals surface area contributed by atoms with Crippen molar-refractivity contribution in [3.05, 3.63) is 105 Å². The Balaban J connectivity index is 1.54. The van der Waals surface area contributed by atoms with Crippen LogP contribution in [0, 0.1) is 11.6 Å². The van der Waals surface area contributed by atoms with Gasteiger partial charge >= 0.3 is 0 Å². The Bertz CT molecular complexity index is 1680. The number of fused-ring (bicyclic) bond motifs is 1. The summed E-state index contributed by atoms with van der Waals surface area (Å²) >= 11 is 5.95. The van der Waals surface area contributed by atoms with E-state index in [9.17, 15) is 17.6 Å². The minimum atomic E-state index is -3.73. The third-order valence-corrected chi connectivity index (χ3v) is 8.18. The minimum Gasteiger partial charge on any atom is -0.495 e. The summed E-state index contributed by atoms with van der Waals surface area (Å²) in [4.78, 5) is 21.0. The summed E-state index contributed by atoms with van der Waals surface area (Å²) in [6.07, 6.45) is 3.15. The number of sulfonamides is 1. The molecule has 0 spiro atoms. The summed E-state index contributed by atoms with van der Waals surface area (Å²) in [5.41, 5.74) is 1.10. The van der Waals surface area contributed by atoms with Crippen LogP contribution in [0.5, 0.6) is 5.75 Å². The lowest BCUT2D eigenvalue weighted by molar-refractivity contribution is 0.381. The van der Waals surface area contributed by atoms with E-state index < -0.39 is 27.2 Å². The van der Waals surface area contributed by atoms with Crippen LogP contribution in [0.25, 0.3) is 16.8 Å². The van der Waals surface area contributed by atoms with Gasteiger partial charge in [0.2, 0.25) is 10.0 Å². The molecule has 2 aromatic carbocycles. The SMILES string of the molecule is COc1cc(-c2cc(F)cc(Cl)c2)c(F)cc1-n1c2c(ccc1=O)CN(S(=O)(=O)Cc1ncccn1)CC2. The zero-order valence-electron chi connectivity index (χ0n) is 20.1. The van der Waals surface area contributed by atoms with Crippen LogP contribution in [0.1, 0.15) is 17.1 Å². The Morgan fingerprint density at radius 1 is 1.08 bits per heavy atom. The van der Waals surface area contributed by atoms with Gasteiger partial charge in [0, 0.05) is 60.3 Å². The van der Waals surface area contributed by atoms with E-state index in [-0.39, 0.29) is 58.7 Å². The number of hydrogen-bond donors (Lipinski definition) is 0. The fraction of sp³-hybridized carbons (Fsp3) is 0.192. The molecule has 0 amide bonds. The van der Waals surface area contributed by atoms with Crippen LogP contribution in [-0.4, -0.2) is 40.9 Å². The molecule has 196 valence electrons. The third kappa shape index (κ3) is 5.04. The fourth-order valence-corrected chi connectivity index (χ4v) is 6.09. The normalized spacial score (nSPS) is 13.8. The molecule has 3 heterocycles. The number of halogens is 3. The molecule has 5 rings (SSSR count). The van der Waals surface area contributed by atoms with Crippen molar-refractivity contribution in [1.29, 1.82) is 0 Å². The highest BCUT2D eigenvalue weighted by atomic mass is 35.5. The summed E-state index contributed by atoms with van der Waals surface area (Å²) in [5, 5.41) is 0.106. The van der Waals surface area contributed by atoms with Crippen molar-refractivity contribution in [3.63, 3.8) is 0 Å². The summed E-state index contributed by atoms with van der Waals surface area (Å²) < 4.78 is 63.4. The number of hydrogen-bond acceptors (Lipinski definition) is 6. The first-order valence-electron chi connectivity index (χ1n) is 11.5. The van der Waals surface area contributed by atoms with Crippen molar-refractivity contribution in [2.75, 3.05) is 13.7 Å². The number of benzene rings is 2. The van der Waals surface area contributed by atoms with Crippen molar-refractivity contribution in [3.8, 4) is 22.6 Å². The van der Waals surface area contributed by atoms with Crippen LogP contribution in [0.2, 0.25) is 5.02 Å². The first-order valence-corrected chi connectivity index (χ1v) is 13.5. The molecule has 0 radical (unpaired) electrons. The number of ether oxygens (including phenoxy) is 1. The van der Waals surface area contributed by atoms with E-state index in [1.54, 1.807) is 12.1 Å². The molecule has 0 fully saturated rings. The number of methoxy groups -OCH3 is 1. The van der Waals surface area contributed by atoms with Gasteiger partial charge in [-0.2, -0.15) is 4.31 Å². The predicted octanol–water partition coefficient (Wildman–Crippen LogP) is 4.12. The Kier molecular flexibility index (Phi) is 6.99. The van der Waals surface area contributed by atoms with Crippen LogP contribution in [0.15, 0.2) is 65.7 Å². The van der Waals surface area contributed by atoms with E-state index in [2.05, 4.69) is 9.97 Å². The lowest BCUT2D eigenvalue weighted by atomic mass is 10.0. The Morgan fingerprint density at radius 2 is 1.84 bits per heavy atom. The molecule has 0 saturated heterocycles. The zero-order chi connectivity index (χ0) is 27.0. The standard InChI is InChI=1S/C26H21ClF2N4O4S/c1-37-24-12-20(17-9-18(27)11-19(28)10-17)21(29)13-23(24)33-22-5-8-32(14-16(22)3-4-26(33)34)38(35,36)15-25-30-6-2-7-31-25/h2-4,6-7,9-13H,5,8,14-15H2,1H3. The molecular formula is C26H21ClF2N4O4S. The summed E-state index contributed by atoms with van der Waals surface area (Å²) in [7, 11) is -2.36. The van der Waals surface area contributed by atoms with E-state index in [0.717, 1.165) is 18.2 Å². The number of rotatable bonds is 6. The van der Waals surface area contributed by atoms with Crippen molar-refractivity contribution in [2.24, 2.45) is 0 Å². The smallest absolute Gasteiger partial charge is 0.255 e. The van der Waals surface area contributed by atoms with Gasteiger partial charge in [-0.1, -0.05) is 17.7 Å². The Hall–Kier alpha value is -3.67. The van der Waals surface area contributed by atoms with Gasteiger partial charge < -0.3 is 4.74 Å². The lowest BCUT2D eigenvalue weighted by Crippen LogP contribution is -2.39. The average Bonchev–Trinajstić information content (AvgIpc) is 2.88. The Labute approximate surface area is 222 Å². The molecule has 0 saturated carbocycles. The van der Waals surface area contributed by atoms with Crippen molar-refractivity contribution < 1.29 is 21.9 Å². The largest absolute Gasteiger partial charge is 0.495 e. The number of pyridine rings is 1. The summed E-state index contributed by atoms with van der Waals surface area (Å²) in [5.74, 6) is -1.33. The van der Waals surface area contributed by atoms with Crippen molar-refractivity contribution in [1.82, 2.24) is 18.8 Å². The van der Waals surface area contributed by atoms with Gasteiger partial charge in [-0.15, -0.1) is 0 Å². The van der Waals surface area contributed by atoms with E-state index >= 15 is 4.39 Å². The second-order valence-electron chi connectivity index (χ2n) is 8.65. The van der Waals surface area contributed by atoms with E-state index in [0.29, 0.717) is 11.3 Å². The Morgan fingerprint density at radius 3 is 2.55 bits per heavy atom.